The monoisotopic (exact) mass is 206 g/mol. The Morgan fingerprint density at radius 3 is 3.07 bits per heavy atom. The van der Waals surface area contributed by atoms with Crippen LogP contribution in [0, 0.1) is 5.92 Å². The minimum absolute atomic E-state index is 0.310. The molecule has 15 heavy (non-hydrogen) atoms. The summed E-state index contributed by atoms with van der Waals surface area (Å²) < 4.78 is 0. The highest BCUT2D eigenvalue weighted by atomic mass is 16.3. The average molecular weight is 206 g/mol. The van der Waals surface area contributed by atoms with E-state index in [-0.39, 0.29) is 0 Å². The lowest BCUT2D eigenvalue weighted by Crippen LogP contribution is -2.30. The van der Waals surface area contributed by atoms with Gasteiger partial charge in [-0.3, -0.25) is 9.88 Å². The van der Waals surface area contributed by atoms with Gasteiger partial charge in [0.15, 0.2) is 0 Å². The van der Waals surface area contributed by atoms with Crippen LogP contribution in [0.4, 0.5) is 0 Å². The first-order valence-corrected chi connectivity index (χ1v) is 5.55. The Labute approximate surface area is 90.8 Å². The van der Waals surface area contributed by atoms with E-state index in [9.17, 15) is 5.11 Å². The fourth-order valence-electron chi connectivity index (χ4n) is 2.27. The SMILES string of the molecule is CC1C(CO)CCN1Cc1cccnc1. The second-order valence-corrected chi connectivity index (χ2v) is 4.30. The van der Waals surface area contributed by atoms with Crippen molar-refractivity contribution in [3.63, 3.8) is 0 Å². The first-order valence-electron chi connectivity index (χ1n) is 5.55. The summed E-state index contributed by atoms with van der Waals surface area (Å²) in [6, 6.07) is 4.56. The molecule has 1 aromatic rings. The molecule has 2 heterocycles. The molecule has 1 saturated heterocycles. The molecule has 3 nitrogen and oxygen atoms in total. The summed E-state index contributed by atoms with van der Waals surface area (Å²) in [5.74, 6) is 0.446. The fraction of sp³-hybridized carbons (Fsp3) is 0.583. The van der Waals surface area contributed by atoms with Crippen molar-refractivity contribution in [2.75, 3.05) is 13.2 Å². The number of hydrogen-bond donors (Lipinski definition) is 1. The highest BCUT2D eigenvalue weighted by Crippen LogP contribution is 2.24. The third-order valence-corrected chi connectivity index (χ3v) is 3.39. The van der Waals surface area contributed by atoms with Crippen LogP contribution in [0.15, 0.2) is 24.5 Å². The van der Waals surface area contributed by atoms with Crippen LogP contribution in [0.5, 0.6) is 0 Å². The molecule has 2 unspecified atom stereocenters. The van der Waals surface area contributed by atoms with Gasteiger partial charge in [0, 0.05) is 31.6 Å². The zero-order valence-corrected chi connectivity index (χ0v) is 9.13. The summed E-state index contributed by atoms with van der Waals surface area (Å²) in [5.41, 5.74) is 1.25. The van der Waals surface area contributed by atoms with Gasteiger partial charge in [0.25, 0.3) is 0 Å². The van der Waals surface area contributed by atoms with Crippen LogP contribution in [0.3, 0.4) is 0 Å². The second-order valence-electron chi connectivity index (χ2n) is 4.30. The number of likely N-dealkylation sites (tertiary alicyclic amines) is 1. The van der Waals surface area contributed by atoms with Crippen molar-refractivity contribution in [1.82, 2.24) is 9.88 Å². The minimum Gasteiger partial charge on any atom is -0.396 e. The maximum Gasteiger partial charge on any atom is 0.0474 e. The Morgan fingerprint density at radius 2 is 2.47 bits per heavy atom. The lowest BCUT2D eigenvalue weighted by atomic mass is 10.0. The molecule has 1 N–H and O–H groups in total. The molecule has 3 heteroatoms. The summed E-state index contributed by atoms with van der Waals surface area (Å²) >= 11 is 0. The number of pyridine rings is 1. The van der Waals surface area contributed by atoms with Crippen molar-refractivity contribution < 1.29 is 5.11 Å². The lowest BCUT2D eigenvalue weighted by Gasteiger charge is -2.23. The topological polar surface area (TPSA) is 36.4 Å². The van der Waals surface area contributed by atoms with Gasteiger partial charge < -0.3 is 5.11 Å². The van der Waals surface area contributed by atoms with Gasteiger partial charge in [0.2, 0.25) is 0 Å². The first-order chi connectivity index (χ1) is 7.31. The van der Waals surface area contributed by atoms with Gasteiger partial charge in [-0.25, -0.2) is 0 Å². The molecule has 82 valence electrons. The third-order valence-electron chi connectivity index (χ3n) is 3.39. The highest BCUT2D eigenvalue weighted by Gasteiger charge is 2.29. The number of nitrogens with zero attached hydrogens (tertiary/aromatic N) is 2. The molecule has 2 atom stereocenters. The van der Waals surface area contributed by atoms with Gasteiger partial charge >= 0.3 is 0 Å². The van der Waals surface area contributed by atoms with Gasteiger partial charge in [0.1, 0.15) is 0 Å². The molecule has 1 aliphatic heterocycles. The van der Waals surface area contributed by atoms with Crippen molar-refractivity contribution in [1.29, 1.82) is 0 Å². The zero-order chi connectivity index (χ0) is 10.7. The van der Waals surface area contributed by atoms with Crippen LogP contribution in [0.2, 0.25) is 0 Å². The van der Waals surface area contributed by atoms with Crippen LogP contribution in [-0.2, 0) is 6.54 Å². The average Bonchev–Trinajstić information content (AvgIpc) is 2.62. The predicted molar refractivity (Wildman–Crippen MR) is 59.3 cm³/mol. The van der Waals surface area contributed by atoms with Gasteiger partial charge in [0.05, 0.1) is 0 Å². The van der Waals surface area contributed by atoms with Gasteiger partial charge in [-0.1, -0.05) is 6.07 Å². The smallest absolute Gasteiger partial charge is 0.0474 e. The molecule has 0 amide bonds. The summed E-state index contributed by atoms with van der Waals surface area (Å²) in [4.78, 5) is 6.53. The molecule has 0 spiro atoms. The van der Waals surface area contributed by atoms with Crippen LogP contribution < -0.4 is 0 Å². The Hall–Kier alpha value is -0.930. The largest absolute Gasteiger partial charge is 0.396 e. The minimum atomic E-state index is 0.310. The summed E-state index contributed by atoms with van der Waals surface area (Å²) in [6.07, 6.45) is 4.82. The molecule has 1 fully saturated rings. The highest BCUT2D eigenvalue weighted by molar-refractivity contribution is 5.08. The molecule has 1 aromatic heterocycles. The quantitative estimate of drug-likeness (QED) is 0.809. The van der Waals surface area contributed by atoms with E-state index < -0.39 is 0 Å². The molecule has 2 rings (SSSR count). The number of aliphatic hydroxyl groups excluding tert-OH is 1. The summed E-state index contributed by atoms with van der Waals surface area (Å²) in [5, 5.41) is 9.18. The van der Waals surface area contributed by atoms with E-state index in [0.717, 1.165) is 19.5 Å². The van der Waals surface area contributed by atoms with Crippen molar-refractivity contribution in [3.8, 4) is 0 Å². The van der Waals surface area contributed by atoms with E-state index in [1.165, 1.54) is 5.56 Å². The van der Waals surface area contributed by atoms with Crippen molar-refractivity contribution in [2.24, 2.45) is 5.92 Å². The molecule has 0 aliphatic carbocycles. The van der Waals surface area contributed by atoms with Crippen LogP contribution in [0.1, 0.15) is 18.9 Å². The lowest BCUT2D eigenvalue weighted by molar-refractivity contribution is 0.172. The fourth-order valence-corrected chi connectivity index (χ4v) is 2.27. The van der Waals surface area contributed by atoms with E-state index in [2.05, 4.69) is 22.9 Å². The Kier molecular flexibility index (Phi) is 3.34. The molecule has 0 aromatic carbocycles. The Balaban J connectivity index is 1.96. The van der Waals surface area contributed by atoms with E-state index in [1.54, 1.807) is 6.20 Å². The van der Waals surface area contributed by atoms with Gasteiger partial charge in [-0.15, -0.1) is 0 Å². The zero-order valence-electron chi connectivity index (χ0n) is 9.13. The maximum absolute atomic E-state index is 9.18. The Bertz CT molecular complexity index is 302. The summed E-state index contributed by atoms with van der Waals surface area (Å²) in [6.45, 7) is 4.54. The number of aromatic nitrogens is 1. The Morgan fingerprint density at radius 1 is 1.60 bits per heavy atom. The van der Waals surface area contributed by atoms with Crippen molar-refractivity contribution >= 4 is 0 Å². The number of rotatable bonds is 3. The van der Waals surface area contributed by atoms with E-state index >= 15 is 0 Å². The van der Waals surface area contributed by atoms with E-state index in [1.807, 2.05) is 12.3 Å². The summed E-state index contributed by atoms with van der Waals surface area (Å²) in [7, 11) is 0. The third kappa shape index (κ3) is 2.36. The van der Waals surface area contributed by atoms with Crippen molar-refractivity contribution in [3.05, 3.63) is 30.1 Å². The van der Waals surface area contributed by atoms with Crippen LogP contribution in [-0.4, -0.2) is 34.2 Å². The van der Waals surface area contributed by atoms with Crippen LogP contribution >= 0.6 is 0 Å². The van der Waals surface area contributed by atoms with E-state index in [0.29, 0.717) is 18.6 Å². The number of aliphatic hydroxyl groups is 1. The van der Waals surface area contributed by atoms with Gasteiger partial charge in [-0.05, 0) is 37.4 Å². The molecule has 0 bridgehead atoms. The molecular formula is C12H18N2O. The predicted octanol–water partition coefficient (Wildman–Crippen LogP) is 1.28. The first kappa shape index (κ1) is 10.6. The molecule has 0 saturated carbocycles. The second kappa shape index (κ2) is 4.73. The maximum atomic E-state index is 9.18. The molecule has 1 aliphatic rings. The molecule has 0 radical (unpaired) electrons. The van der Waals surface area contributed by atoms with Gasteiger partial charge in [-0.2, -0.15) is 0 Å². The van der Waals surface area contributed by atoms with E-state index in [4.69, 9.17) is 0 Å². The molecular weight excluding hydrogens is 188 g/mol. The number of hydrogen-bond acceptors (Lipinski definition) is 3. The van der Waals surface area contributed by atoms with Crippen LogP contribution in [0.25, 0.3) is 0 Å². The standard InChI is InChI=1S/C12H18N2O/c1-10-12(9-15)4-6-14(10)8-11-3-2-5-13-7-11/h2-3,5,7,10,12,15H,4,6,8-9H2,1H3. The van der Waals surface area contributed by atoms with Crippen molar-refractivity contribution in [2.45, 2.75) is 25.9 Å². The normalized spacial score (nSPS) is 27.1.